The van der Waals surface area contributed by atoms with E-state index in [1.807, 2.05) is 30.3 Å². The molecular weight excluding hydrogens is 1170 g/mol. The van der Waals surface area contributed by atoms with E-state index >= 15 is 0 Å². The smallest absolute Gasteiger partial charge is 0.469 e. The van der Waals surface area contributed by atoms with Crippen molar-refractivity contribution in [2.45, 2.75) is 128 Å². The van der Waals surface area contributed by atoms with Crippen LogP contribution in [0, 0.1) is 31.2 Å². The van der Waals surface area contributed by atoms with E-state index in [1.54, 1.807) is 44.9 Å². The van der Waals surface area contributed by atoms with Gasteiger partial charge in [0.2, 0.25) is 21.2 Å². The number of hydrogen-bond donors (Lipinski definition) is 3. The minimum Gasteiger partial charge on any atom is -0.710 e. The molecule has 0 amide bonds. The molecule has 0 saturated heterocycles. The molecule has 86 heavy (non-hydrogen) atoms. The maximum Gasteiger partial charge on any atom is 0.469 e. The van der Waals surface area contributed by atoms with Crippen LogP contribution in [0.3, 0.4) is 0 Å². The molecule has 4 aliphatic carbocycles. The van der Waals surface area contributed by atoms with Gasteiger partial charge in [-0.2, -0.15) is 0 Å². The number of fused-ring (bicyclic) bond motifs is 8. The van der Waals surface area contributed by atoms with Crippen LogP contribution in [0.1, 0.15) is 119 Å². The van der Waals surface area contributed by atoms with Gasteiger partial charge >= 0.3 is 30.5 Å². The van der Waals surface area contributed by atoms with Crippen LogP contribution >= 0.6 is 22.6 Å². The quantitative estimate of drug-likeness (QED) is 0.0463. The molecule has 0 spiro atoms. The Morgan fingerprint density at radius 1 is 0.419 bits per heavy atom. The van der Waals surface area contributed by atoms with Crippen LogP contribution < -0.4 is 28.8 Å². The number of phosphoric ester groups is 1. The third-order valence-electron chi connectivity index (χ3n) is 15.1. The summed E-state index contributed by atoms with van der Waals surface area (Å²) < 4.78 is 49.6. The summed E-state index contributed by atoms with van der Waals surface area (Å²) in [7, 11) is -9.51. The second-order valence-corrected chi connectivity index (χ2v) is 29.2. The van der Waals surface area contributed by atoms with Gasteiger partial charge in [0.05, 0.1) is 42.4 Å². The van der Waals surface area contributed by atoms with Gasteiger partial charge in [-0.3, -0.25) is 13.7 Å². The molecule has 0 fully saturated rings. The van der Waals surface area contributed by atoms with Gasteiger partial charge in [-0.1, -0.05) is 0 Å². The highest BCUT2D eigenvalue weighted by molar-refractivity contribution is 7.57. The molecule has 4 aromatic carbocycles. The average Bonchev–Trinajstić information content (AvgIpc) is 1.83. The number of rotatable bonds is 18. The zero-order valence-electron chi connectivity index (χ0n) is 48.5. The van der Waals surface area contributed by atoms with Crippen molar-refractivity contribution in [3.8, 4) is 0 Å². The van der Waals surface area contributed by atoms with Gasteiger partial charge in [0, 0.05) is 80.6 Å². The number of hydrogen-bond acceptors (Lipinski definition) is 19. The highest BCUT2D eigenvalue weighted by Gasteiger charge is 2.28. The third kappa shape index (κ3) is 16.4. The number of aryl methyl sites for hydroxylation is 12. The second kappa shape index (κ2) is 27.5. The summed E-state index contributed by atoms with van der Waals surface area (Å²) in [6.45, 7) is 6.78. The van der Waals surface area contributed by atoms with E-state index < -0.39 is 22.6 Å². The maximum atomic E-state index is 12.5. The molecule has 0 radical (unpaired) electrons. The summed E-state index contributed by atoms with van der Waals surface area (Å²) >= 11 is 0. The van der Waals surface area contributed by atoms with E-state index in [0.29, 0.717) is 114 Å². The lowest BCUT2D eigenvalue weighted by molar-refractivity contribution is -0.685. The Bertz CT molecular complexity index is 3840. The molecule has 12 rings (SSSR count). The standard InChI is InChI=1S/C15H20N3O4P.C15H20N3O3P.C13H16N3O6P.C13H15N3O2/c1-23(2,21)22-8-4-7-15-16-18(20)14-10-12-6-3-5-11(12)9-13(14)17(15)19;1-22(2,20)21-8-4-7-15-16-13-9-11-5-3-6-12(11)10-14(13)18(19)17-15;17-15-11-7-9-3-1-4-10(9)8-12(11)16(18)14-13(15)5-2-6-22-23(19,20)21;17-6-2-5-13-14-11-7-9-3-1-4-10(9)8-12(11)16(18)15-13/h9-10H,3-8H2,1-2H3;9-10H,3-8H2,1-2H3;7-8H,1-6H2,(H2,19,20,21);7-8,17H,1-6H2. The zero-order chi connectivity index (χ0) is 61.5. The lowest BCUT2D eigenvalue weighted by Crippen LogP contribution is -2.45. The number of aliphatic hydroxyl groups excluding tert-OH is 1. The van der Waals surface area contributed by atoms with Crippen molar-refractivity contribution in [3.05, 3.63) is 148 Å². The lowest BCUT2D eigenvalue weighted by atomic mass is 10.1. The Labute approximate surface area is 495 Å². The first kappa shape index (κ1) is 63.7. The lowest BCUT2D eigenvalue weighted by Gasteiger charge is -2.10. The highest BCUT2D eigenvalue weighted by Crippen LogP contribution is 2.38. The Balaban J connectivity index is 0.000000138. The zero-order valence-corrected chi connectivity index (χ0v) is 51.2. The predicted molar refractivity (Wildman–Crippen MR) is 314 cm³/mol. The third-order valence-corrected chi connectivity index (χ3v) is 17.2. The number of phosphoric acid groups is 1. The molecule has 460 valence electrons. The van der Waals surface area contributed by atoms with Crippen molar-refractivity contribution in [2.75, 3.05) is 53.1 Å². The van der Waals surface area contributed by atoms with Gasteiger partial charge in [0.15, 0.2) is 26.4 Å². The summed E-state index contributed by atoms with van der Waals surface area (Å²) in [4.78, 5) is 28.4. The van der Waals surface area contributed by atoms with Crippen molar-refractivity contribution >= 4 is 66.7 Å². The van der Waals surface area contributed by atoms with E-state index in [-0.39, 0.29) is 55.3 Å². The Morgan fingerprint density at radius 3 is 1.07 bits per heavy atom. The van der Waals surface area contributed by atoms with E-state index in [2.05, 4.69) is 34.9 Å². The van der Waals surface area contributed by atoms with Crippen molar-refractivity contribution in [3.63, 3.8) is 0 Å². The van der Waals surface area contributed by atoms with E-state index in [4.69, 9.17) is 23.9 Å². The van der Waals surface area contributed by atoms with Crippen LogP contribution in [0.25, 0.3) is 44.1 Å². The summed E-state index contributed by atoms with van der Waals surface area (Å²) in [5.41, 5.74) is 13.2. The number of benzene rings is 4. The van der Waals surface area contributed by atoms with Crippen molar-refractivity contribution < 1.29 is 71.0 Å². The summed E-state index contributed by atoms with van der Waals surface area (Å²) in [5, 5.41) is 97.2. The first-order chi connectivity index (χ1) is 40.9. The minimum atomic E-state index is -4.53. The van der Waals surface area contributed by atoms with Gasteiger partial charge in [-0.05, 0) is 181 Å². The Hall–Kier alpha value is -6.79. The van der Waals surface area contributed by atoms with E-state index in [0.717, 1.165) is 104 Å². The maximum absolute atomic E-state index is 12.5. The van der Waals surface area contributed by atoms with Crippen LogP contribution in [-0.4, -0.2) is 98.3 Å². The van der Waals surface area contributed by atoms with Crippen molar-refractivity contribution in [1.82, 2.24) is 30.4 Å². The van der Waals surface area contributed by atoms with Crippen molar-refractivity contribution in [2.24, 2.45) is 0 Å². The van der Waals surface area contributed by atoms with Crippen LogP contribution in [0.15, 0.2) is 48.5 Å². The van der Waals surface area contributed by atoms with Gasteiger partial charge in [-0.15, -0.1) is 0 Å². The molecule has 4 heterocycles. The fourth-order valence-corrected chi connectivity index (χ4v) is 12.5. The summed E-state index contributed by atoms with van der Waals surface area (Å²) in [5.74, 6) is 1.17. The largest absolute Gasteiger partial charge is 0.710 e. The molecule has 27 nitrogen and oxygen atoms in total. The fraction of sp³-hybridized carbons (Fsp3) is 0.500. The SMILES string of the molecule is CP(C)(=O)OCCCc1n[n+]([O-])c2cc3c(cc2[n+]1[O-])CCC3.CP(C)(=O)OCCCc1nc2cc3c(cc2[n+]([O-])n1)CCC3.O=P(O)(O)OCCCc1n[n+]([O-])c2cc3c(cc2[n+]1[O-])CCC3.[O-][n+]1nc(CCCO)nc2cc3c(cc21)CCC3. The van der Waals surface area contributed by atoms with Crippen molar-refractivity contribution in [1.29, 1.82) is 0 Å². The number of nitrogens with zero attached hydrogens (tertiary/aromatic N) is 12. The van der Waals surface area contributed by atoms with Crippen LogP contribution in [0.2, 0.25) is 0 Å². The number of aromatic nitrogens is 12. The Morgan fingerprint density at radius 2 is 0.721 bits per heavy atom. The average molecular weight is 1250 g/mol. The molecule has 3 N–H and O–H groups in total. The highest BCUT2D eigenvalue weighted by atomic mass is 31.2. The van der Waals surface area contributed by atoms with Crippen LogP contribution in [0.5, 0.6) is 0 Å². The van der Waals surface area contributed by atoms with Gasteiger partial charge < -0.3 is 55.2 Å². The molecule has 0 bridgehead atoms. The second-order valence-electron chi connectivity index (χ2n) is 22.5. The molecule has 0 unspecified atom stereocenters. The number of aliphatic hydroxyl groups is 1. The summed E-state index contributed by atoms with van der Waals surface area (Å²) in [6, 6.07) is 14.9. The fourth-order valence-electron chi connectivity index (χ4n) is 11.0. The molecule has 0 saturated carbocycles. The molecule has 8 aromatic rings. The van der Waals surface area contributed by atoms with E-state index in [9.17, 15) is 44.9 Å². The van der Waals surface area contributed by atoms with Gasteiger partial charge in [0.25, 0.3) is 11.0 Å². The molecule has 30 heteroatoms. The van der Waals surface area contributed by atoms with Gasteiger partial charge in [0.1, 0.15) is 11.0 Å². The topological polar surface area (TPSA) is 379 Å². The first-order valence-corrected chi connectivity index (χ1v) is 35.4. The minimum absolute atomic E-state index is 0.000223. The molecule has 4 aliphatic rings. The first-order valence-electron chi connectivity index (χ1n) is 28.8. The van der Waals surface area contributed by atoms with Crippen LogP contribution in [-0.2, 0) is 104 Å². The van der Waals surface area contributed by atoms with E-state index in [1.165, 1.54) is 22.3 Å². The van der Waals surface area contributed by atoms with Gasteiger partial charge in [-0.25, -0.2) is 24.0 Å². The predicted octanol–water partition coefficient (Wildman–Crippen LogP) is 4.43. The monoisotopic (exact) mass is 1240 g/mol. The molecular formula is C56H71N12O15P3. The molecule has 0 atom stereocenters. The summed E-state index contributed by atoms with van der Waals surface area (Å²) in [6.07, 6.45) is 15.5. The molecule has 4 aromatic heterocycles. The normalized spacial score (nSPS) is 14.3. The Kier molecular flexibility index (Phi) is 20.4. The van der Waals surface area contributed by atoms with Crippen LogP contribution in [0.4, 0.5) is 0 Å². The molecule has 0 aliphatic heterocycles.